The van der Waals surface area contributed by atoms with Gasteiger partial charge in [-0.15, -0.1) is 11.8 Å². The molecule has 1 aromatic heterocycles. The molecule has 0 saturated heterocycles. The monoisotopic (exact) mass is 230 g/mol. The molecule has 0 aliphatic carbocycles. The van der Waals surface area contributed by atoms with Crippen molar-refractivity contribution in [2.45, 2.75) is 11.4 Å². The summed E-state index contributed by atoms with van der Waals surface area (Å²) in [5.41, 5.74) is 1.80. The Morgan fingerprint density at radius 1 is 1.25 bits per heavy atom. The van der Waals surface area contributed by atoms with Crippen LogP contribution in [-0.2, 0) is 6.42 Å². The second-order valence-electron chi connectivity index (χ2n) is 3.66. The Morgan fingerprint density at radius 3 is 2.88 bits per heavy atom. The molecule has 0 fully saturated rings. The summed E-state index contributed by atoms with van der Waals surface area (Å²) < 4.78 is 0. The highest BCUT2D eigenvalue weighted by molar-refractivity contribution is 7.99. The summed E-state index contributed by atoms with van der Waals surface area (Å²) in [6.07, 6.45) is 0.831. The molecule has 0 amide bonds. The molecule has 1 aliphatic rings. The molecule has 0 bridgehead atoms. The molecule has 2 aromatic rings. The summed E-state index contributed by atoms with van der Waals surface area (Å²) in [5, 5.41) is 0.891. The van der Waals surface area contributed by atoms with Crippen molar-refractivity contribution >= 4 is 11.8 Å². The Kier molecular flexibility index (Phi) is 2.29. The summed E-state index contributed by atoms with van der Waals surface area (Å²) >= 11 is 1.66. The quantitative estimate of drug-likeness (QED) is 0.763. The molecule has 0 spiro atoms. The Labute approximate surface area is 96.9 Å². The maximum absolute atomic E-state index is 11.8. The van der Waals surface area contributed by atoms with Gasteiger partial charge in [-0.05, 0) is 6.42 Å². The summed E-state index contributed by atoms with van der Waals surface area (Å²) in [5.74, 6) is 1.63. The zero-order valence-electron chi connectivity index (χ0n) is 8.56. The van der Waals surface area contributed by atoms with Crippen LogP contribution in [0.2, 0.25) is 0 Å². The third-order valence-electron chi connectivity index (χ3n) is 2.62. The van der Waals surface area contributed by atoms with Crippen LogP contribution in [0.3, 0.4) is 0 Å². The number of fused-ring (bicyclic) bond motifs is 1. The summed E-state index contributed by atoms with van der Waals surface area (Å²) in [4.78, 5) is 19.1. The first-order chi connectivity index (χ1) is 7.84. The highest BCUT2D eigenvalue weighted by Gasteiger charge is 2.18. The molecule has 2 heterocycles. The Balaban J connectivity index is 2.17. The highest BCUT2D eigenvalue weighted by Crippen LogP contribution is 2.27. The molecule has 80 valence electrons. The van der Waals surface area contributed by atoms with Gasteiger partial charge in [0, 0.05) is 11.3 Å². The van der Waals surface area contributed by atoms with Crippen LogP contribution in [0.25, 0.3) is 11.4 Å². The third-order valence-corrected chi connectivity index (χ3v) is 3.63. The van der Waals surface area contributed by atoms with Crippen molar-refractivity contribution in [2.24, 2.45) is 0 Å². The van der Waals surface area contributed by atoms with Crippen LogP contribution in [0.5, 0.6) is 0 Å². The Morgan fingerprint density at radius 2 is 2.06 bits per heavy atom. The molecule has 0 radical (unpaired) electrons. The van der Waals surface area contributed by atoms with Crippen molar-refractivity contribution < 1.29 is 0 Å². The zero-order chi connectivity index (χ0) is 11.0. The molecular weight excluding hydrogens is 220 g/mol. The Hall–Kier alpha value is -1.55. The molecule has 1 aromatic carbocycles. The van der Waals surface area contributed by atoms with Crippen molar-refractivity contribution in [3.05, 3.63) is 46.2 Å². The largest absolute Gasteiger partial charge is 0.306 e. The highest BCUT2D eigenvalue weighted by atomic mass is 32.2. The van der Waals surface area contributed by atoms with Crippen molar-refractivity contribution in [2.75, 3.05) is 5.75 Å². The van der Waals surface area contributed by atoms with Gasteiger partial charge in [0.15, 0.2) is 0 Å². The number of nitrogens with one attached hydrogen (secondary N) is 1. The zero-order valence-corrected chi connectivity index (χ0v) is 9.38. The first kappa shape index (κ1) is 9.66. The van der Waals surface area contributed by atoms with E-state index >= 15 is 0 Å². The fourth-order valence-corrected chi connectivity index (χ4v) is 2.82. The van der Waals surface area contributed by atoms with Gasteiger partial charge in [-0.1, -0.05) is 30.3 Å². The van der Waals surface area contributed by atoms with Gasteiger partial charge >= 0.3 is 0 Å². The lowest BCUT2D eigenvalue weighted by atomic mass is 10.2. The SMILES string of the molecule is O=c1[nH]c(-c2ccccc2)nc2c1CCS2. The second kappa shape index (κ2) is 3.79. The molecular formula is C12H10N2OS. The molecule has 0 saturated carbocycles. The molecule has 1 N–H and O–H groups in total. The topological polar surface area (TPSA) is 45.8 Å². The van der Waals surface area contributed by atoms with Crippen LogP contribution >= 0.6 is 11.8 Å². The molecule has 0 unspecified atom stereocenters. The molecule has 4 heteroatoms. The second-order valence-corrected chi connectivity index (χ2v) is 4.75. The van der Waals surface area contributed by atoms with Crippen molar-refractivity contribution in [1.82, 2.24) is 9.97 Å². The lowest BCUT2D eigenvalue weighted by molar-refractivity contribution is 0.956. The first-order valence-electron chi connectivity index (χ1n) is 5.16. The lowest BCUT2D eigenvalue weighted by Gasteiger charge is -2.02. The molecule has 3 nitrogen and oxygen atoms in total. The fourth-order valence-electron chi connectivity index (χ4n) is 1.80. The summed E-state index contributed by atoms with van der Waals surface area (Å²) in [7, 11) is 0. The standard InChI is InChI=1S/C12H10N2OS/c15-11-9-6-7-16-12(9)14-10(13-11)8-4-2-1-3-5-8/h1-5H,6-7H2,(H,13,14,15). The van der Waals surface area contributed by atoms with Crippen LogP contribution in [0.4, 0.5) is 0 Å². The molecule has 1 aliphatic heterocycles. The van der Waals surface area contributed by atoms with Gasteiger partial charge in [0.05, 0.1) is 5.56 Å². The van der Waals surface area contributed by atoms with E-state index in [0.717, 1.165) is 28.3 Å². The number of hydrogen-bond acceptors (Lipinski definition) is 3. The van der Waals surface area contributed by atoms with Gasteiger partial charge in [0.25, 0.3) is 5.56 Å². The lowest BCUT2D eigenvalue weighted by Crippen LogP contribution is -2.14. The van der Waals surface area contributed by atoms with Gasteiger partial charge in [-0.25, -0.2) is 4.98 Å². The number of aromatic amines is 1. The average molecular weight is 230 g/mol. The number of hydrogen-bond donors (Lipinski definition) is 1. The number of thioether (sulfide) groups is 1. The first-order valence-corrected chi connectivity index (χ1v) is 6.14. The van der Waals surface area contributed by atoms with E-state index in [4.69, 9.17) is 0 Å². The van der Waals surface area contributed by atoms with Crippen LogP contribution < -0.4 is 5.56 Å². The van der Waals surface area contributed by atoms with Crippen molar-refractivity contribution in [1.29, 1.82) is 0 Å². The molecule has 16 heavy (non-hydrogen) atoms. The van der Waals surface area contributed by atoms with Crippen molar-refractivity contribution in [3.8, 4) is 11.4 Å². The number of H-pyrrole nitrogens is 1. The summed E-state index contributed by atoms with van der Waals surface area (Å²) in [6.45, 7) is 0. The van der Waals surface area contributed by atoms with Crippen LogP contribution in [0.15, 0.2) is 40.2 Å². The van der Waals surface area contributed by atoms with Gasteiger partial charge in [0.2, 0.25) is 0 Å². The fraction of sp³-hybridized carbons (Fsp3) is 0.167. The minimum atomic E-state index is 0.00820. The maximum Gasteiger partial charge on any atom is 0.255 e. The predicted molar refractivity (Wildman–Crippen MR) is 64.7 cm³/mol. The van der Waals surface area contributed by atoms with Crippen molar-refractivity contribution in [3.63, 3.8) is 0 Å². The maximum atomic E-state index is 11.8. The minimum Gasteiger partial charge on any atom is -0.306 e. The van der Waals surface area contributed by atoms with Crippen LogP contribution in [-0.4, -0.2) is 15.7 Å². The predicted octanol–water partition coefficient (Wildman–Crippen LogP) is 2.09. The van der Waals surface area contributed by atoms with E-state index in [2.05, 4.69) is 9.97 Å². The van der Waals surface area contributed by atoms with Gasteiger partial charge < -0.3 is 4.98 Å². The number of nitrogens with zero attached hydrogens (tertiary/aromatic N) is 1. The van der Waals surface area contributed by atoms with E-state index in [-0.39, 0.29) is 5.56 Å². The Bertz CT molecular complexity index is 577. The average Bonchev–Trinajstić information content (AvgIpc) is 2.79. The number of aromatic nitrogens is 2. The van der Waals surface area contributed by atoms with Gasteiger partial charge in [-0.3, -0.25) is 4.79 Å². The van der Waals surface area contributed by atoms with Gasteiger partial charge in [-0.2, -0.15) is 0 Å². The van der Waals surface area contributed by atoms with E-state index in [1.165, 1.54) is 0 Å². The van der Waals surface area contributed by atoms with E-state index in [1.807, 2.05) is 30.3 Å². The van der Waals surface area contributed by atoms with E-state index in [0.29, 0.717) is 5.82 Å². The normalized spacial score (nSPS) is 13.8. The molecule has 0 atom stereocenters. The van der Waals surface area contributed by atoms with E-state index < -0.39 is 0 Å². The summed E-state index contributed by atoms with van der Waals surface area (Å²) in [6, 6.07) is 9.73. The third kappa shape index (κ3) is 1.55. The van der Waals surface area contributed by atoms with E-state index in [9.17, 15) is 4.79 Å². The molecule has 3 rings (SSSR count). The van der Waals surface area contributed by atoms with E-state index in [1.54, 1.807) is 11.8 Å². The number of rotatable bonds is 1. The van der Waals surface area contributed by atoms with Crippen LogP contribution in [0, 0.1) is 0 Å². The minimum absolute atomic E-state index is 0.00820. The number of benzene rings is 1. The van der Waals surface area contributed by atoms with Crippen LogP contribution in [0.1, 0.15) is 5.56 Å². The smallest absolute Gasteiger partial charge is 0.255 e. The van der Waals surface area contributed by atoms with Gasteiger partial charge in [0.1, 0.15) is 10.9 Å².